The van der Waals surface area contributed by atoms with Crippen molar-refractivity contribution in [3.05, 3.63) is 29.8 Å². The molecule has 0 saturated heterocycles. The lowest BCUT2D eigenvalue weighted by molar-refractivity contribution is -0.121. The molecule has 0 aromatic heterocycles. The number of para-hydroxylation sites is 1. The van der Waals surface area contributed by atoms with Gasteiger partial charge in [-0.1, -0.05) is 51.3 Å². The van der Waals surface area contributed by atoms with E-state index in [4.69, 9.17) is 0 Å². The van der Waals surface area contributed by atoms with Crippen molar-refractivity contribution in [3.63, 3.8) is 0 Å². The first-order chi connectivity index (χ1) is 12.1. The molecule has 3 amide bonds. The third-order valence-electron chi connectivity index (χ3n) is 5.31. The van der Waals surface area contributed by atoms with E-state index in [2.05, 4.69) is 16.7 Å². The van der Waals surface area contributed by atoms with Crippen molar-refractivity contribution in [1.82, 2.24) is 10.6 Å². The molecule has 1 aromatic rings. The Morgan fingerprint density at radius 1 is 1.12 bits per heavy atom. The number of carbonyl (C=O) groups is 2. The Balaban J connectivity index is 1.64. The number of carbonyl (C=O) groups excluding carboxylic acids is 2. The summed E-state index contributed by atoms with van der Waals surface area (Å²) in [5.41, 5.74) is 2.18. The fourth-order valence-corrected chi connectivity index (χ4v) is 3.86. The number of hydrogen-bond acceptors (Lipinski definition) is 2. The van der Waals surface area contributed by atoms with Gasteiger partial charge in [0.05, 0.1) is 0 Å². The highest BCUT2D eigenvalue weighted by molar-refractivity contribution is 6.00. The van der Waals surface area contributed by atoms with Gasteiger partial charge in [-0.25, -0.2) is 4.79 Å². The van der Waals surface area contributed by atoms with Gasteiger partial charge >= 0.3 is 6.03 Å². The predicted octanol–water partition coefficient (Wildman–Crippen LogP) is 3.23. The van der Waals surface area contributed by atoms with E-state index in [0.717, 1.165) is 24.9 Å². The van der Waals surface area contributed by atoms with Crippen LogP contribution in [0.1, 0.15) is 51.5 Å². The molecule has 1 aliphatic heterocycles. The average Bonchev–Trinajstić information content (AvgIpc) is 3.04. The van der Waals surface area contributed by atoms with E-state index >= 15 is 0 Å². The van der Waals surface area contributed by atoms with E-state index in [1.807, 2.05) is 36.9 Å². The molecule has 0 radical (unpaired) electrons. The largest absolute Gasteiger partial charge is 0.335 e. The molecular weight excluding hydrogens is 314 g/mol. The van der Waals surface area contributed by atoms with Crippen LogP contribution in [0.4, 0.5) is 10.5 Å². The summed E-state index contributed by atoms with van der Waals surface area (Å²) in [6.45, 7) is 4.64. The number of nitrogens with one attached hydrogen (secondary N) is 2. The van der Waals surface area contributed by atoms with Crippen molar-refractivity contribution >= 4 is 17.6 Å². The third kappa shape index (κ3) is 4.14. The molecule has 3 rings (SSSR count). The normalized spacial score (nSPS) is 18.8. The molecule has 1 saturated carbocycles. The van der Waals surface area contributed by atoms with Gasteiger partial charge in [0, 0.05) is 18.3 Å². The van der Waals surface area contributed by atoms with Crippen LogP contribution >= 0.6 is 0 Å². The van der Waals surface area contributed by atoms with Crippen molar-refractivity contribution in [2.45, 2.75) is 64.5 Å². The Morgan fingerprint density at radius 3 is 2.56 bits per heavy atom. The maximum Gasteiger partial charge on any atom is 0.315 e. The highest BCUT2D eigenvalue weighted by Crippen LogP contribution is 2.28. The van der Waals surface area contributed by atoms with Gasteiger partial charge in [-0.15, -0.1) is 0 Å². The van der Waals surface area contributed by atoms with Gasteiger partial charge in [-0.3, -0.25) is 4.79 Å². The van der Waals surface area contributed by atoms with Gasteiger partial charge in [0.2, 0.25) is 5.91 Å². The van der Waals surface area contributed by atoms with E-state index in [1.165, 1.54) is 24.8 Å². The van der Waals surface area contributed by atoms with Gasteiger partial charge in [0.25, 0.3) is 0 Å². The zero-order valence-electron chi connectivity index (χ0n) is 15.3. The van der Waals surface area contributed by atoms with Crippen LogP contribution in [-0.2, 0) is 11.2 Å². The molecule has 136 valence electrons. The molecule has 1 heterocycles. The summed E-state index contributed by atoms with van der Waals surface area (Å²) in [7, 11) is 0. The Kier molecular flexibility index (Phi) is 5.61. The van der Waals surface area contributed by atoms with Gasteiger partial charge in [0.15, 0.2) is 0 Å². The third-order valence-corrected chi connectivity index (χ3v) is 5.31. The van der Waals surface area contributed by atoms with Gasteiger partial charge in [0.1, 0.15) is 6.04 Å². The van der Waals surface area contributed by atoms with E-state index in [9.17, 15) is 9.59 Å². The topological polar surface area (TPSA) is 61.4 Å². The number of hydrogen-bond donors (Lipinski definition) is 2. The van der Waals surface area contributed by atoms with E-state index in [1.54, 1.807) is 0 Å². The maximum atomic E-state index is 13.1. The molecule has 1 aromatic carbocycles. The molecule has 1 aliphatic carbocycles. The van der Waals surface area contributed by atoms with Crippen LogP contribution in [0, 0.1) is 5.92 Å². The molecule has 2 N–H and O–H groups in total. The minimum atomic E-state index is -0.505. The SMILES string of the molecule is CC(C)[C@@H](NC(=O)NC1CCCCC1)C(=O)N1CCc2ccccc21. The fraction of sp³-hybridized carbons (Fsp3) is 0.600. The smallest absolute Gasteiger partial charge is 0.315 e. The molecule has 1 atom stereocenters. The first-order valence-electron chi connectivity index (χ1n) is 9.52. The number of rotatable bonds is 4. The molecule has 25 heavy (non-hydrogen) atoms. The van der Waals surface area contributed by atoms with Crippen molar-refractivity contribution in [2.24, 2.45) is 5.92 Å². The lowest BCUT2D eigenvalue weighted by atomic mass is 9.96. The van der Waals surface area contributed by atoms with Crippen LogP contribution < -0.4 is 15.5 Å². The Labute approximate surface area is 150 Å². The summed E-state index contributed by atoms with van der Waals surface area (Å²) in [5.74, 6) is 0.0242. The molecule has 5 heteroatoms. The second-order valence-corrected chi connectivity index (χ2v) is 7.54. The minimum absolute atomic E-state index is 0.0151. The molecule has 1 fully saturated rings. The predicted molar refractivity (Wildman–Crippen MR) is 99.7 cm³/mol. The number of benzene rings is 1. The standard InChI is InChI=1S/C20H29N3O2/c1-14(2)18(22-20(25)21-16-9-4-3-5-10-16)19(24)23-13-12-15-8-6-7-11-17(15)23/h6-8,11,14,16,18H,3-5,9-10,12-13H2,1-2H3,(H2,21,22,25)/t18-/m1/s1. The monoisotopic (exact) mass is 343 g/mol. The second kappa shape index (κ2) is 7.89. The minimum Gasteiger partial charge on any atom is -0.335 e. The van der Waals surface area contributed by atoms with Crippen LogP contribution in [0.5, 0.6) is 0 Å². The summed E-state index contributed by atoms with van der Waals surface area (Å²) < 4.78 is 0. The second-order valence-electron chi connectivity index (χ2n) is 7.54. The highest BCUT2D eigenvalue weighted by Gasteiger charge is 2.33. The summed E-state index contributed by atoms with van der Waals surface area (Å²) in [6, 6.07) is 7.53. The highest BCUT2D eigenvalue weighted by atomic mass is 16.2. The van der Waals surface area contributed by atoms with Gasteiger partial charge in [-0.05, 0) is 36.8 Å². The van der Waals surface area contributed by atoms with Crippen molar-refractivity contribution in [2.75, 3.05) is 11.4 Å². The lowest BCUT2D eigenvalue weighted by Crippen LogP contribution is -2.55. The molecule has 0 bridgehead atoms. The van der Waals surface area contributed by atoms with Crippen molar-refractivity contribution in [1.29, 1.82) is 0 Å². The summed E-state index contributed by atoms with van der Waals surface area (Å²) >= 11 is 0. The Morgan fingerprint density at radius 2 is 1.84 bits per heavy atom. The first kappa shape index (κ1) is 17.8. The molecule has 0 spiro atoms. The fourth-order valence-electron chi connectivity index (χ4n) is 3.86. The molecule has 2 aliphatic rings. The molecule has 5 nitrogen and oxygen atoms in total. The van der Waals surface area contributed by atoms with Crippen LogP contribution in [0.3, 0.4) is 0 Å². The number of urea groups is 1. The Bertz CT molecular complexity index is 623. The summed E-state index contributed by atoms with van der Waals surface area (Å²) in [4.78, 5) is 27.3. The summed E-state index contributed by atoms with van der Waals surface area (Å²) in [6.07, 6.45) is 6.53. The lowest BCUT2D eigenvalue weighted by Gasteiger charge is -2.29. The van der Waals surface area contributed by atoms with E-state index in [-0.39, 0.29) is 23.9 Å². The Hall–Kier alpha value is -2.04. The van der Waals surface area contributed by atoms with Crippen molar-refractivity contribution in [3.8, 4) is 0 Å². The van der Waals surface area contributed by atoms with E-state index in [0.29, 0.717) is 6.54 Å². The number of nitrogens with zero attached hydrogens (tertiary/aromatic N) is 1. The van der Waals surface area contributed by atoms with Crippen LogP contribution in [0.2, 0.25) is 0 Å². The van der Waals surface area contributed by atoms with Gasteiger partial charge in [-0.2, -0.15) is 0 Å². The maximum absolute atomic E-state index is 13.1. The number of anilines is 1. The number of amides is 3. The zero-order valence-corrected chi connectivity index (χ0v) is 15.3. The molecule has 0 unspecified atom stereocenters. The van der Waals surface area contributed by atoms with Crippen LogP contribution in [-0.4, -0.2) is 30.6 Å². The van der Waals surface area contributed by atoms with Crippen molar-refractivity contribution < 1.29 is 9.59 Å². The first-order valence-corrected chi connectivity index (χ1v) is 9.52. The van der Waals surface area contributed by atoms with E-state index < -0.39 is 6.04 Å². The summed E-state index contributed by atoms with van der Waals surface area (Å²) in [5, 5.41) is 5.98. The molecular formula is C20H29N3O2. The quantitative estimate of drug-likeness (QED) is 0.882. The van der Waals surface area contributed by atoms with Crippen LogP contribution in [0.15, 0.2) is 24.3 Å². The number of fused-ring (bicyclic) bond motifs is 1. The zero-order chi connectivity index (χ0) is 17.8. The van der Waals surface area contributed by atoms with Gasteiger partial charge < -0.3 is 15.5 Å². The van der Waals surface area contributed by atoms with Crippen LogP contribution in [0.25, 0.3) is 0 Å². The average molecular weight is 343 g/mol.